The quantitative estimate of drug-likeness (QED) is 0.390. The molecule has 1 saturated heterocycles. The zero-order valence-electron chi connectivity index (χ0n) is 11.0. The van der Waals surface area contributed by atoms with Crippen molar-refractivity contribution < 1.29 is 4.79 Å². The predicted molar refractivity (Wildman–Crippen MR) is 72.9 cm³/mol. The molecule has 17 heavy (non-hydrogen) atoms. The maximum absolute atomic E-state index is 11.7. The van der Waals surface area contributed by atoms with Crippen molar-refractivity contribution in [1.82, 2.24) is 4.90 Å². The number of carbonyl (C=O) groups is 1. The number of unbranched alkanes of at least 4 members (excludes halogenated alkanes) is 3. The standard InChI is InChI=1S/C15H25NO/c1-2-3-4-5-6-7-9-12-15(17)16-13-10-8-11-14-16/h6-7,9,12H,2-5,8,10-11,13-14H2,1H3/b7-6?,12-9+. The number of piperidine rings is 1. The fourth-order valence-corrected chi connectivity index (χ4v) is 2.04. The summed E-state index contributed by atoms with van der Waals surface area (Å²) in [6, 6.07) is 0. The fourth-order valence-electron chi connectivity index (χ4n) is 2.04. The molecule has 1 heterocycles. The molecule has 0 N–H and O–H groups in total. The molecule has 96 valence electrons. The summed E-state index contributed by atoms with van der Waals surface area (Å²) < 4.78 is 0. The number of rotatable bonds is 6. The molecular formula is C15H25NO. The molecule has 1 aliphatic rings. The number of hydrogen-bond donors (Lipinski definition) is 0. The lowest BCUT2D eigenvalue weighted by molar-refractivity contribution is -0.126. The van der Waals surface area contributed by atoms with Crippen LogP contribution in [0.1, 0.15) is 51.9 Å². The lowest BCUT2D eigenvalue weighted by Gasteiger charge is -2.25. The molecule has 0 unspecified atom stereocenters. The number of carbonyl (C=O) groups excluding carboxylic acids is 1. The minimum atomic E-state index is 0.169. The van der Waals surface area contributed by atoms with Gasteiger partial charge in [-0.05, 0) is 32.1 Å². The Bertz CT molecular complexity index is 262. The third kappa shape index (κ3) is 6.30. The van der Waals surface area contributed by atoms with E-state index in [9.17, 15) is 4.79 Å². The Labute approximate surface area is 105 Å². The summed E-state index contributed by atoms with van der Waals surface area (Å²) in [5.41, 5.74) is 0. The summed E-state index contributed by atoms with van der Waals surface area (Å²) >= 11 is 0. The van der Waals surface area contributed by atoms with Crippen LogP contribution in [0.25, 0.3) is 0 Å². The van der Waals surface area contributed by atoms with Crippen LogP contribution in [0.4, 0.5) is 0 Å². The first-order valence-electron chi connectivity index (χ1n) is 6.96. The maximum atomic E-state index is 11.7. The van der Waals surface area contributed by atoms with Crippen LogP contribution < -0.4 is 0 Å². The zero-order chi connectivity index (χ0) is 12.3. The Morgan fingerprint density at radius 2 is 1.88 bits per heavy atom. The van der Waals surface area contributed by atoms with Crippen molar-refractivity contribution in [3.63, 3.8) is 0 Å². The number of hydrogen-bond acceptors (Lipinski definition) is 1. The highest BCUT2D eigenvalue weighted by Gasteiger charge is 2.12. The fraction of sp³-hybridized carbons (Fsp3) is 0.667. The average Bonchev–Trinajstić information content (AvgIpc) is 2.38. The Morgan fingerprint density at radius 1 is 1.12 bits per heavy atom. The second kappa shape index (κ2) is 9.03. The highest BCUT2D eigenvalue weighted by Crippen LogP contribution is 2.08. The summed E-state index contributed by atoms with van der Waals surface area (Å²) in [6.45, 7) is 4.08. The first-order valence-corrected chi connectivity index (χ1v) is 6.96. The van der Waals surface area contributed by atoms with Crippen LogP contribution in [0, 0.1) is 0 Å². The van der Waals surface area contributed by atoms with Gasteiger partial charge in [0.05, 0.1) is 0 Å². The van der Waals surface area contributed by atoms with Crippen LogP contribution >= 0.6 is 0 Å². The van der Waals surface area contributed by atoms with Crippen molar-refractivity contribution in [1.29, 1.82) is 0 Å². The second-order valence-electron chi connectivity index (χ2n) is 4.67. The predicted octanol–water partition coefficient (Wildman–Crippen LogP) is 3.69. The van der Waals surface area contributed by atoms with E-state index in [1.165, 1.54) is 25.7 Å². The number of nitrogens with zero attached hydrogens (tertiary/aromatic N) is 1. The van der Waals surface area contributed by atoms with E-state index in [1.807, 2.05) is 17.1 Å². The lowest BCUT2D eigenvalue weighted by Crippen LogP contribution is -2.34. The van der Waals surface area contributed by atoms with Crippen molar-refractivity contribution in [3.05, 3.63) is 24.3 Å². The molecular weight excluding hydrogens is 210 g/mol. The van der Waals surface area contributed by atoms with Crippen LogP contribution in [-0.4, -0.2) is 23.9 Å². The molecule has 0 bridgehead atoms. The van der Waals surface area contributed by atoms with Crippen molar-refractivity contribution in [2.24, 2.45) is 0 Å². The monoisotopic (exact) mass is 235 g/mol. The van der Waals surface area contributed by atoms with Gasteiger partial charge in [0.25, 0.3) is 0 Å². The Kier molecular flexibility index (Phi) is 7.44. The van der Waals surface area contributed by atoms with Crippen LogP contribution in [0.15, 0.2) is 24.3 Å². The molecule has 0 aliphatic carbocycles. The molecule has 0 saturated carbocycles. The van der Waals surface area contributed by atoms with Gasteiger partial charge in [-0.2, -0.15) is 0 Å². The molecule has 1 rings (SSSR count). The lowest BCUT2D eigenvalue weighted by atomic mass is 10.1. The minimum Gasteiger partial charge on any atom is -0.339 e. The topological polar surface area (TPSA) is 20.3 Å². The van der Waals surface area contributed by atoms with Gasteiger partial charge in [0.2, 0.25) is 5.91 Å². The van der Waals surface area contributed by atoms with Crippen molar-refractivity contribution in [2.75, 3.05) is 13.1 Å². The summed E-state index contributed by atoms with van der Waals surface area (Å²) in [4.78, 5) is 13.7. The van der Waals surface area contributed by atoms with Gasteiger partial charge in [-0.15, -0.1) is 0 Å². The van der Waals surface area contributed by atoms with Crippen LogP contribution in [-0.2, 0) is 4.79 Å². The summed E-state index contributed by atoms with van der Waals surface area (Å²) in [6.07, 6.45) is 16.2. The van der Waals surface area contributed by atoms with Gasteiger partial charge in [-0.25, -0.2) is 0 Å². The van der Waals surface area contributed by atoms with Crippen molar-refractivity contribution in [3.8, 4) is 0 Å². The molecule has 2 nitrogen and oxygen atoms in total. The molecule has 0 radical (unpaired) electrons. The minimum absolute atomic E-state index is 0.169. The molecule has 2 heteroatoms. The van der Waals surface area contributed by atoms with E-state index >= 15 is 0 Å². The highest BCUT2D eigenvalue weighted by atomic mass is 16.2. The Hall–Kier alpha value is -1.05. The van der Waals surface area contributed by atoms with Gasteiger partial charge >= 0.3 is 0 Å². The zero-order valence-corrected chi connectivity index (χ0v) is 11.0. The number of allylic oxidation sites excluding steroid dienone is 3. The first-order chi connectivity index (χ1) is 8.34. The molecule has 1 fully saturated rings. The highest BCUT2D eigenvalue weighted by molar-refractivity contribution is 5.87. The third-order valence-corrected chi connectivity index (χ3v) is 3.13. The summed E-state index contributed by atoms with van der Waals surface area (Å²) in [7, 11) is 0. The molecule has 0 aromatic carbocycles. The molecule has 0 spiro atoms. The maximum Gasteiger partial charge on any atom is 0.246 e. The average molecular weight is 235 g/mol. The molecule has 1 amide bonds. The van der Waals surface area contributed by atoms with Gasteiger partial charge in [-0.1, -0.05) is 38.0 Å². The van der Waals surface area contributed by atoms with E-state index in [4.69, 9.17) is 0 Å². The van der Waals surface area contributed by atoms with E-state index in [-0.39, 0.29) is 5.91 Å². The smallest absolute Gasteiger partial charge is 0.246 e. The van der Waals surface area contributed by atoms with Crippen LogP contribution in [0.5, 0.6) is 0 Å². The van der Waals surface area contributed by atoms with Gasteiger partial charge in [-0.3, -0.25) is 4.79 Å². The van der Waals surface area contributed by atoms with Gasteiger partial charge in [0.15, 0.2) is 0 Å². The summed E-state index contributed by atoms with van der Waals surface area (Å²) in [5, 5.41) is 0. The molecule has 0 atom stereocenters. The van der Waals surface area contributed by atoms with Crippen molar-refractivity contribution >= 4 is 5.91 Å². The molecule has 0 aromatic rings. The van der Waals surface area contributed by atoms with Gasteiger partial charge < -0.3 is 4.90 Å². The normalized spacial score (nSPS) is 17.1. The van der Waals surface area contributed by atoms with Gasteiger partial charge in [0.1, 0.15) is 0 Å². The Morgan fingerprint density at radius 3 is 2.59 bits per heavy atom. The first kappa shape index (κ1) is 14.0. The molecule has 0 aromatic heterocycles. The van der Waals surface area contributed by atoms with E-state index in [0.29, 0.717) is 0 Å². The van der Waals surface area contributed by atoms with Crippen molar-refractivity contribution in [2.45, 2.75) is 51.9 Å². The van der Waals surface area contributed by atoms with Gasteiger partial charge in [0, 0.05) is 19.2 Å². The van der Waals surface area contributed by atoms with Crippen LogP contribution in [0.3, 0.4) is 0 Å². The Balaban J connectivity index is 2.16. The largest absolute Gasteiger partial charge is 0.339 e. The SMILES string of the molecule is CCCCCC=C/C=C/C(=O)N1CCCCC1. The van der Waals surface area contributed by atoms with E-state index in [2.05, 4.69) is 13.0 Å². The van der Waals surface area contributed by atoms with E-state index < -0.39 is 0 Å². The van der Waals surface area contributed by atoms with Crippen LogP contribution in [0.2, 0.25) is 0 Å². The summed E-state index contributed by atoms with van der Waals surface area (Å²) in [5.74, 6) is 0.169. The van der Waals surface area contributed by atoms with E-state index in [1.54, 1.807) is 6.08 Å². The molecule has 1 aliphatic heterocycles. The number of amides is 1. The third-order valence-electron chi connectivity index (χ3n) is 3.13. The van der Waals surface area contributed by atoms with E-state index in [0.717, 1.165) is 32.4 Å². The second-order valence-corrected chi connectivity index (χ2v) is 4.67. The number of likely N-dealkylation sites (tertiary alicyclic amines) is 1.